The third-order valence-electron chi connectivity index (χ3n) is 2.89. The lowest BCUT2D eigenvalue weighted by atomic mass is 10.1. The quantitative estimate of drug-likeness (QED) is 0.551. The van der Waals surface area contributed by atoms with Crippen LogP contribution in [0.25, 0.3) is 5.70 Å². The number of hydrogen-bond donors (Lipinski definition) is 3. The van der Waals surface area contributed by atoms with Gasteiger partial charge in [-0.15, -0.1) is 0 Å². The maximum atomic E-state index is 14.0. The molecule has 4 N–H and O–H groups in total. The van der Waals surface area contributed by atoms with E-state index < -0.39 is 16.4 Å². The second-order valence-corrected chi connectivity index (χ2v) is 3.98. The monoisotopic (exact) mass is 268 g/mol. The van der Waals surface area contributed by atoms with Gasteiger partial charge in [0.05, 0.1) is 16.3 Å². The molecule has 0 heterocycles. The Labute approximate surface area is 110 Å². The molecule has 1 atom stereocenters. The molecule has 0 aliphatic carbocycles. The van der Waals surface area contributed by atoms with Crippen LogP contribution in [0.15, 0.2) is 23.9 Å². The predicted octanol–water partition coefficient (Wildman–Crippen LogP) is 1.19. The lowest BCUT2D eigenvalue weighted by Gasteiger charge is -2.18. The van der Waals surface area contributed by atoms with Gasteiger partial charge in [0.1, 0.15) is 0 Å². The van der Waals surface area contributed by atoms with Gasteiger partial charge in [0.15, 0.2) is 0 Å². The van der Waals surface area contributed by atoms with Crippen LogP contribution in [0.4, 0.5) is 10.1 Å². The van der Waals surface area contributed by atoms with Gasteiger partial charge < -0.3 is 16.4 Å². The Morgan fingerprint density at radius 2 is 2.11 bits per heavy atom. The zero-order valence-electron chi connectivity index (χ0n) is 11.0. The molecule has 6 nitrogen and oxygen atoms in total. The number of nitrogens with two attached hydrogens (primary N) is 1. The van der Waals surface area contributed by atoms with Crippen LogP contribution in [-0.4, -0.2) is 25.1 Å². The zero-order valence-corrected chi connectivity index (χ0v) is 11.0. The summed E-state index contributed by atoms with van der Waals surface area (Å²) in [5, 5.41) is 16.6. The second-order valence-electron chi connectivity index (χ2n) is 3.98. The smallest absolute Gasteiger partial charge is 0.305 e. The fraction of sp³-hybridized carbons (Fsp3) is 0.333. The Morgan fingerprint density at radius 1 is 1.47 bits per heavy atom. The fourth-order valence-electron chi connectivity index (χ4n) is 1.74. The molecular formula is C12H17FN4O2. The van der Waals surface area contributed by atoms with Gasteiger partial charge in [-0.05, 0) is 20.0 Å². The van der Waals surface area contributed by atoms with Crippen molar-refractivity contribution in [3.63, 3.8) is 0 Å². The summed E-state index contributed by atoms with van der Waals surface area (Å²) in [7, 11) is 3.39. The highest BCUT2D eigenvalue weighted by molar-refractivity contribution is 5.68. The van der Waals surface area contributed by atoms with E-state index in [9.17, 15) is 14.5 Å². The topological polar surface area (TPSA) is 93.2 Å². The van der Waals surface area contributed by atoms with Gasteiger partial charge in [-0.3, -0.25) is 10.1 Å². The van der Waals surface area contributed by atoms with Crippen molar-refractivity contribution in [1.82, 2.24) is 10.6 Å². The summed E-state index contributed by atoms with van der Waals surface area (Å²) < 4.78 is 14.0. The number of halogens is 1. The van der Waals surface area contributed by atoms with E-state index in [4.69, 9.17) is 5.73 Å². The molecule has 0 aliphatic rings. The summed E-state index contributed by atoms with van der Waals surface area (Å²) in [6.45, 7) is 1.84. The van der Waals surface area contributed by atoms with Gasteiger partial charge in [0, 0.05) is 24.7 Å². The minimum atomic E-state index is -0.930. The van der Waals surface area contributed by atoms with Crippen LogP contribution >= 0.6 is 0 Å². The largest absolute Gasteiger partial charge is 0.397 e. The Hall–Kier alpha value is -2.15. The highest BCUT2D eigenvalue weighted by Gasteiger charge is 2.21. The van der Waals surface area contributed by atoms with Crippen molar-refractivity contribution in [2.45, 2.75) is 13.0 Å². The lowest BCUT2D eigenvalue weighted by Crippen LogP contribution is -2.32. The average Bonchev–Trinajstić information content (AvgIpc) is 2.38. The van der Waals surface area contributed by atoms with E-state index in [2.05, 4.69) is 10.6 Å². The number of benzene rings is 1. The number of nitro groups is 1. The van der Waals surface area contributed by atoms with Gasteiger partial charge in [0.25, 0.3) is 0 Å². The van der Waals surface area contributed by atoms with Crippen LogP contribution in [0.3, 0.4) is 0 Å². The molecule has 0 amide bonds. The molecule has 1 aromatic carbocycles. The van der Waals surface area contributed by atoms with Crippen molar-refractivity contribution in [1.29, 1.82) is 0 Å². The Balaban J connectivity index is 3.40. The van der Waals surface area contributed by atoms with Gasteiger partial charge >= 0.3 is 5.69 Å². The summed E-state index contributed by atoms with van der Waals surface area (Å²) in [6.07, 6.45) is 0. The van der Waals surface area contributed by atoms with E-state index >= 15 is 0 Å². The van der Waals surface area contributed by atoms with Crippen molar-refractivity contribution in [3.05, 3.63) is 45.4 Å². The molecule has 0 bridgehead atoms. The summed E-state index contributed by atoms with van der Waals surface area (Å²) >= 11 is 0. The Morgan fingerprint density at radius 3 is 2.58 bits per heavy atom. The molecule has 0 radical (unpaired) electrons. The molecule has 1 aromatic rings. The number of rotatable bonds is 5. The molecule has 0 aliphatic heterocycles. The molecule has 104 valence electrons. The summed E-state index contributed by atoms with van der Waals surface area (Å²) in [4.78, 5) is 9.94. The first-order valence-electron chi connectivity index (χ1n) is 5.72. The minimum absolute atomic E-state index is 0.0145. The van der Waals surface area contributed by atoms with Gasteiger partial charge in [-0.1, -0.05) is 6.07 Å². The van der Waals surface area contributed by atoms with Crippen LogP contribution < -0.4 is 16.4 Å². The summed E-state index contributed by atoms with van der Waals surface area (Å²) in [5.41, 5.74) is 6.05. The Kier molecular flexibility index (Phi) is 4.82. The highest BCUT2D eigenvalue weighted by Crippen LogP contribution is 2.25. The van der Waals surface area contributed by atoms with Crippen LogP contribution in [-0.2, 0) is 0 Å². The zero-order chi connectivity index (χ0) is 14.6. The SMILES string of the molecule is CN/C(=C(\N)c1cccc([N+](=O)[O-])c1F)C(C)NC. The van der Waals surface area contributed by atoms with Crippen molar-refractivity contribution in [2.75, 3.05) is 14.1 Å². The maximum absolute atomic E-state index is 14.0. The average molecular weight is 268 g/mol. The number of likely N-dealkylation sites (N-methyl/N-ethyl adjacent to an activating group) is 2. The maximum Gasteiger partial charge on any atom is 0.305 e. The van der Waals surface area contributed by atoms with Gasteiger partial charge in [-0.25, -0.2) is 0 Å². The predicted molar refractivity (Wildman–Crippen MR) is 71.7 cm³/mol. The lowest BCUT2D eigenvalue weighted by molar-refractivity contribution is -0.387. The first-order chi connectivity index (χ1) is 8.93. The van der Waals surface area contributed by atoms with Crippen molar-refractivity contribution >= 4 is 11.4 Å². The van der Waals surface area contributed by atoms with E-state index in [1.54, 1.807) is 14.1 Å². The molecule has 0 saturated carbocycles. The number of nitrogens with one attached hydrogen (secondary N) is 2. The van der Waals surface area contributed by atoms with Gasteiger partial charge in [-0.2, -0.15) is 4.39 Å². The molecule has 1 unspecified atom stereocenters. The van der Waals surface area contributed by atoms with Crippen LogP contribution in [0.5, 0.6) is 0 Å². The number of nitro benzene ring substituents is 1. The molecule has 0 saturated heterocycles. The Bertz CT molecular complexity index is 516. The van der Waals surface area contributed by atoms with Crippen LogP contribution in [0, 0.1) is 15.9 Å². The molecule has 0 spiro atoms. The fourth-order valence-corrected chi connectivity index (χ4v) is 1.74. The van der Waals surface area contributed by atoms with Crippen molar-refractivity contribution in [3.8, 4) is 0 Å². The molecule has 7 heteroatoms. The third-order valence-corrected chi connectivity index (χ3v) is 2.89. The molecule has 0 aromatic heterocycles. The van der Waals surface area contributed by atoms with Crippen LogP contribution in [0.1, 0.15) is 12.5 Å². The first kappa shape index (κ1) is 14.9. The van der Waals surface area contributed by atoms with Crippen molar-refractivity contribution < 1.29 is 9.31 Å². The first-order valence-corrected chi connectivity index (χ1v) is 5.72. The van der Waals surface area contributed by atoms with Crippen molar-refractivity contribution in [2.24, 2.45) is 5.73 Å². The van der Waals surface area contributed by atoms with E-state index in [1.807, 2.05) is 6.92 Å². The highest BCUT2D eigenvalue weighted by atomic mass is 19.1. The third kappa shape index (κ3) is 3.00. The van der Waals surface area contributed by atoms with E-state index in [-0.39, 0.29) is 17.3 Å². The summed E-state index contributed by atoms with van der Waals surface area (Å²) in [6, 6.07) is 3.79. The number of hydrogen-bond acceptors (Lipinski definition) is 5. The molecule has 1 rings (SSSR count). The van der Waals surface area contributed by atoms with Gasteiger partial charge in [0.2, 0.25) is 5.82 Å². The number of nitrogens with zero attached hydrogens (tertiary/aromatic N) is 1. The minimum Gasteiger partial charge on any atom is -0.397 e. The molecule has 0 fully saturated rings. The second kappa shape index (κ2) is 6.14. The standard InChI is InChI=1S/C12H17FN4O2/c1-7(15-2)12(16-3)11(14)8-5-4-6-9(10(8)13)17(18)19/h4-7,15-16H,14H2,1-3H3/b12-11-. The normalized spacial score (nSPS) is 13.7. The molecule has 19 heavy (non-hydrogen) atoms. The van der Waals surface area contributed by atoms with E-state index in [1.165, 1.54) is 12.1 Å². The summed E-state index contributed by atoms with van der Waals surface area (Å²) in [5.74, 6) is -0.930. The molecular weight excluding hydrogens is 251 g/mol. The van der Waals surface area contributed by atoms with E-state index in [0.29, 0.717) is 5.70 Å². The van der Waals surface area contributed by atoms with E-state index in [0.717, 1.165) is 6.07 Å². The van der Waals surface area contributed by atoms with Crippen LogP contribution in [0.2, 0.25) is 0 Å².